The molecule has 1 fully saturated rings. The lowest BCUT2D eigenvalue weighted by atomic mass is 10.2. The number of carbonyl (C=O) groups is 2. The predicted molar refractivity (Wildman–Crippen MR) is 105 cm³/mol. The number of ether oxygens (including phenoxy) is 2. The van der Waals surface area contributed by atoms with Crippen LogP contribution in [0.3, 0.4) is 0 Å². The number of hydrogen-bond acceptors (Lipinski definition) is 7. The first-order valence-electron chi connectivity index (χ1n) is 9.65. The summed E-state index contributed by atoms with van der Waals surface area (Å²) in [4.78, 5) is 25.7. The van der Waals surface area contributed by atoms with E-state index in [0.717, 1.165) is 10.0 Å². The Bertz CT molecular complexity index is 588. The molecular weight excluding hydrogens is 387 g/mol. The van der Waals surface area contributed by atoms with Gasteiger partial charge in [0.25, 0.3) is 0 Å². The minimum atomic E-state index is -3.72. The van der Waals surface area contributed by atoms with E-state index in [0.29, 0.717) is 12.8 Å². The predicted octanol–water partition coefficient (Wildman–Crippen LogP) is 4.76. The maximum absolute atomic E-state index is 13.4. The van der Waals surface area contributed by atoms with E-state index in [2.05, 4.69) is 0 Å². The van der Waals surface area contributed by atoms with Gasteiger partial charge in [0, 0.05) is 6.54 Å². The second-order valence-electron chi connectivity index (χ2n) is 8.43. The molecule has 0 saturated carbocycles. The van der Waals surface area contributed by atoms with Crippen molar-refractivity contribution in [2.75, 3.05) is 19.8 Å². The van der Waals surface area contributed by atoms with Gasteiger partial charge in [-0.25, -0.2) is 14.6 Å². The van der Waals surface area contributed by atoms with Crippen LogP contribution in [0.2, 0.25) is 0 Å². The molecule has 2 amide bonds. The average Bonchev–Trinajstić information content (AvgIpc) is 2.51. The summed E-state index contributed by atoms with van der Waals surface area (Å²) < 4.78 is 35.2. The van der Waals surface area contributed by atoms with E-state index in [1.807, 2.05) is 0 Å². The van der Waals surface area contributed by atoms with Crippen LogP contribution in [-0.4, -0.2) is 58.9 Å². The molecular formula is C18H35N2O7P. The molecule has 0 aliphatic carbocycles. The first kappa shape index (κ1) is 24.7. The molecule has 0 aromatic carbocycles. The highest BCUT2D eigenvalue weighted by molar-refractivity contribution is 7.54. The fourth-order valence-corrected chi connectivity index (χ4v) is 4.82. The van der Waals surface area contributed by atoms with Gasteiger partial charge in [-0.1, -0.05) is 0 Å². The molecule has 0 bridgehead atoms. The molecule has 0 aromatic heterocycles. The molecule has 0 spiro atoms. The third kappa shape index (κ3) is 6.94. The van der Waals surface area contributed by atoms with Crippen LogP contribution in [0, 0.1) is 0 Å². The molecule has 164 valence electrons. The topological polar surface area (TPSA) is 94.6 Å². The molecule has 10 heteroatoms. The van der Waals surface area contributed by atoms with Crippen molar-refractivity contribution in [1.82, 2.24) is 10.0 Å². The lowest BCUT2D eigenvalue weighted by Gasteiger charge is -2.45. The van der Waals surface area contributed by atoms with Crippen LogP contribution in [0.4, 0.5) is 9.59 Å². The van der Waals surface area contributed by atoms with Gasteiger partial charge in [-0.2, -0.15) is 5.01 Å². The molecule has 1 atom stereocenters. The molecule has 1 aliphatic heterocycles. The Morgan fingerprint density at radius 2 is 1.39 bits per heavy atom. The lowest BCUT2D eigenvalue weighted by molar-refractivity contribution is -0.0851. The lowest BCUT2D eigenvalue weighted by Crippen LogP contribution is -2.59. The minimum absolute atomic E-state index is 0.141. The summed E-state index contributed by atoms with van der Waals surface area (Å²) in [5.41, 5.74) is -1.56. The SMILES string of the molecule is CCOP(=O)(OCC)C1CCCN(C(=O)OC(C)(C)C)N1C(=O)OC(C)(C)C. The Morgan fingerprint density at radius 1 is 0.929 bits per heavy atom. The summed E-state index contributed by atoms with van der Waals surface area (Å²) >= 11 is 0. The van der Waals surface area contributed by atoms with Crippen molar-refractivity contribution in [2.45, 2.75) is 85.2 Å². The van der Waals surface area contributed by atoms with Crippen LogP contribution < -0.4 is 0 Å². The van der Waals surface area contributed by atoms with Crippen LogP contribution in [0.5, 0.6) is 0 Å². The molecule has 9 nitrogen and oxygen atoms in total. The maximum atomic E-state index is 13.4. The Kier molecular flexibility index (Phi) is 8.35. The van der Waals surface area contributed by atoms with Crippen molar-refractivity contribution in [2.24, 2.45) is 0 Å². The molecule has 1 saturated heterocycles. The van der Waals surface area contributed by atoms with Gasteiger partial charge < -0.3 is 18.5 Å². The summed E-state index contributed by atoms with van der Waals surface area (Å²) in [6.45, 7) is 14.2. The molecule has 1 rings (SSSR count). The Balaban J connectivity index is 3.33. The number of carbonyl (C=O) groups excluding carboxylic acids is 2. The summed E-state index contributed by atoms with van der Waals surface area (Å²) in [7, 11) is -3.72. The fraction of sp³-hybridized carbons (Fsp3) is 0.889. The quantitative estimate of drug-likeness (QED) is 0.589. The highest BCUT2D eigenvalue weighted by Crippen LogP contribution is 2.57. The molecule has 28 heavy (non-hydrogen) atoms. The number of rotatable bonds is 5. The van der Waals surface area contributed by atoms with Crippen molar-refractivity contribution >= 4 is 19.8 Å². The second-order valence-corrected chi connectivity index (χ2v) is 10.6. The number of hydrogen-bond donors (Lipinski definition) is 0. The summed E-state index contributed by atoms with van der Waals surface area (Å²) in [6, 6.07) is 0. The van der Waals surface area contributed by atoms with E-state index in [1.165, 1.54) is 0 Å². The van der Waals surface area contributed by atoms with E-state index in [9.17, 15) is 14.2 Å². The van der Waals surface area contributed by atoms with E-state index in [4.69, 9.17) is 18.5 Å². The van der Waals surface area contributed by atoms with Crippen LogP contribution in [-0.2, 0) is 23.1 Å². The van der Waals surface area contributed by atoms with Crippen molar-refractivity contribution in [3.63, 3.8) is 0 Å². The molecule has 0 aromatic rings. The fourth-order valence-electron chi connectivity index (χ4n) is 2.70. The number of amides is 2. The zero-order valence-electron chi connectivity index (χ0n) is 18.3. The molecule has 0 N–H and O–H groups in total. The maximum Gasteiger partial charge on any atom is 0.430 e. The minimum Gasteiger partial charge on any atom is -0.442 e. The highest BCUT2D eigenvalue weighted by atomic mass is 31.2. The van der Waals surface area contributed by atoms with Crippen molar-refractivity contribution in [1.29, 1.82) is 0 Å². The van der Waals surface area contributed by atoms with Gasteiger partial charge in [-0.15, -0.1) is 0 Å². The van der Waals surface area contributed by atoms with Crippen LogP contribution >= 0.6 is 7.60 Å². The molecule has 1 unspecified atom stereocenters. The Morgan fingerprint density at radius 3 is 1.82 bits per heavy atom. The average molecular weight is 422 g/mol. The van der Waals surface area contributed by atoms with Crippen LogP contribution in [0.25, 0.3) is 0 Å². The van der Waals surface area contributed by atoms with Gasteiger partial charge in [0.15, 0.2) is 5.78 Å². The van der Waals surface area contributed by atoms with E-state index in [-0.39, 0.29) is 19.8 Å². The zero-order valence-corrected chi connectivity index (χ0v) is 19.2. The van der Waals surface area contributed by atoms with E-state index >= 15 is 0 Å². The first-order chi connectivity index (χ1) is 12.7. The van der Waals surface area contributed by atoms with Gasteiger partial charge in [-0.05, 0) is 68.2 Å². The normalized spacial score (nSPS) is 18.8. The van der Waals surface area contributed by atoms with Gasteiger partial charge in [-0.3, -0.25) is 4.57 Å². The van der Waals surface area contributed by atoms with Crippen molar-refractivity contribution in [3.8, 4) is 0 Å². The van der Waals surface area contributed by atoms with E-state index in [1.54, 1.807) is 55.4 Å². The summed E-state index contributed by atoms with van der Waals surface area (Å²) in [6.07, 6.45) is -0.673. The standard InChI is InChI=1S/C18H35N2O7P/c1-9-24-28(23,25-10-2)14-12-11-13-19(15(21)26-17(3,4)5)20(14)16(22)27-18(6,7)8/h14H,9-13H2,1-8H3. The van der Waals surface area contributed by atoms with Gasteiger partial charge in [0.1, 0.15) is 11.2 Å². The second kappa shape index (κ2) is 9.46. The van der Waals surface area contributed by atoms with Gasteiger partial charge in [0.2, 0.25) is 0 Å². The highest BCUT2D eigenvalue weighted by Gasteiger charge is 2.50. The smallest absolute Gasteiger partial charge is 0.430 e. The zero-order chi connectivity index (χ0) is 21.8. The third-order valence-electron chi connectivity index (χ3n) is 3.54. The number of nitrogens with zero attached hydrogens (tertiary/aromatic N) is 2. The van der Waals surface area contributed by atoms with E-state index < -0.39 is 36.8 Å². The van der Waals surface area contributed by atoms with Crippen molar-refractivity contribution < 1.29 is 32.7 Å². The third-order valence-corrected chi connectivity index (χ3v) is 5.99. The number of hydrazine groups is 1. The summed E-state index contributed by atoms with van der Waals surface area (Å²) in [5.74, 6) is -0.983. The van der Waals surface area contributed by atoms with Gasteiger partial charge in [0.05, 0.1) is 13.2 Å². The van der Waals surface area contributed by atoms with Crippen LogP contribution in [0.15, 0.2) is 0 Å². The molecule has 1 aliphatic rings. The first-order valence-corrected chi connectivity index (χ1v) is 11.3. The molecule has 0 radical (unpaired) electrons. The van der Waals surface area contributed by atoms with Gasteiger partial charge >= 0.3 is 19.8 Å². The van der Waals surface area contributed by atoms with Crippen molar-refractivity contribution in [3.05, 3.63) is 0 Å². The van der Waals surface area contributed by atoms with Crippen LogP contribution in [0.1, 0.15) is 68.2 Å². The Hall–Kier alpha value is -1.31. The Labute approximate surface area is 168 Å². The monoisotopic (exact) mass is 422 g/mol. The molecule has 1 heterocycles. The largest absolute Gasteiger partial charge is 0.442 e. The summed E-state index contributed by atoms with van der Waals surface area (Å²) in [5, 5.41) is 2.19.